The molecule has 2 aromatic rings. The molecule has 0 heterocycles. The molecule has 0 aromatic heterocycles. The minimum atomic E-state index is -2.21. The number of rotatable bonds is 14. The summed E-state index contributed by atoms with van der Waals surface area (Å²) < 4.78 is 24.8. The van der Waals surface area contributed by atoms with Crippen LogP contribution in [0.5, 0.6) is 23.0 Å². The quantitative estimate of drug-likeness (QED) is 0.179. The van der Waals surface area contributed by atoms with Gasteiger partial charge in [-0.3, -0.25) is 4.79 Å². The molecule has 0 bridgehead atoms. The highest BCUT2D eigenvalue weighted by atomic mass is 28.4. The molecular weight excluding hydrogens is 524 g/mol. The van der Waals surface area contributed by atoms with Crippen LogP contribution < -0.4 is 14.2 Å². The van der Waals surface area contributed by atoms with Crippen LogP contribution in [0.3, 0.4) is 0 Å². The molecule has 1 N–H and O–H groups in total. The topological polar surface area (TPSA) is 91.3 Å². The lowest BCUT2D eigenvalue weighted by Crippen LogP contribution is -2.42. The standard InChI is InChI=1S/C32H48O7Si/c1-20(2)14-15-37-27-18-22(5)17-23(19-33)29(27)38-25-13-12-24(30(36-9)28(25)31(34)35)26(16-21(3)4)39-40(10,11)32(6,7)8/h12-13,17-21,26H,14-16H2,1-11H3,(H,34,35)/t26-/m0/s1. The second kappa shape index (κ2) is 13.7. The van der Waals surface area contributed by atoms with Crippen molar-refractivity contribution in [1.29, 1.82) is 0 Å². The zero-order chi connectivity index (χ0) is 30.4. The van der Waals surface area contributed by atoms with Gasteiger partial charge < -0.3 is 23.7 Å². The first-order valence-corrected chi connectivity index (χ1v) is 17.0. The average molecular weight is 573 g/mol. The molecule has 0 aliphatic rings. The molecule has 8 heteroatoms. The van der Waals surface area contributed by atoms with Gasteiger partial charge in [0.25, 0.3) is 0 Å². The van der Waals surface area contributed by atoms with Crippen LogP contribution in [-0.2, 0) is 4.43 Å². The predicted molar refractivity (Wildman–Crippen MR) is 162 cm³/mol. The Hall–Kier alpha value is -2.84. The number of benzene rings is 2. The normalized spacial score (nSPS) is 12.9. The first kappa shape index (κ1) is 33.4. The van der Waals surface area contributed by atoms with Crippen molar-refractivity contribution in [3.63, 3.8) is 0 Å². The summed E-state index contributed by atoms with van der Waals surface area (Å²) in [5.41, 5.74) is 1.65. The summed E-state index contributed by atoms with van der Waals surface area (Å²) in [6, 6.07) is 6.92. The molecule has 7 nitrogen and oxygen atoms in total. The van der Waals surface area contributed by atoms with Gasteiger partial charge in [-0.05, 0) is 79.6 Å². The van der Waals surface area contributed by atoms with Crippen LogP contribution in [0.1, 0.15) is 99.3 Å². The van der Waals surface area contributed by atoms with Crippen molar-refractivity contribution >= 4 is 20.6 Å². The Labute approximate surface area is 241 Å². The lowest BCUT2D eigenvalue weighted by atomic mass is 9.96. The average Bonchev–Trinajstić information content (AvgIpc) is 2.82. The van der Waals surface area contributed by atoms with Crippen LogP contribution in [-0.4, -0.2) is 39.4 Å². The number of aldehydes is 1. The molecule has 40 heavy (non-hydrogen) atoms. The van der Waals surface area contributed by atoms with Crippen LogP contribution in [0, 0.1) is 18.8 Å². The molecule has 222 valence electrons. The molecule has 0 aliphatic heterocycles. The minimum absolute atomic E-state index is 0.0310. The maximum Gasteiger partial charge on any atom is 0.343 e. The minimum Gasteiger partial charge on any atom is -0.495 e. The van der Waals surface area contributed by atoms with Crippen LogP contribution >= 0.6 is 0 Å². The number of ether oxygens (including phenoxy) is 3. The lowest BCUT2D eigenvalue weighted by molar-refractivity contribution is 0.0689. The number of aromatic carboxylic acids is 1. The third-order valence-electron chi connectivity index (χ3n) is 7.36. The van der Waals surface area contributed by atoms with Gasteiger partial charge in [-0.25, -0.2) is 4.79 Å². The molecule has 0 fully saturated rings. The summed E-state index contributed by atoms with van der Waals surface area (Å²) >= 11 is 0. The predicted octanol–water partition coefficient (Wildman–Crippen LogP) is 8.84. The maximum atomic E-state index is 12.7. The number of carbonyl (C=O) groups is 2. The third-order valence-corrected chi connectivity index (χ3v) is 11.8. The van der Waals surface area contributed by atoms with Crippen molar-refractivity contribution in [3.8, 4) is 23.0 Å². The number of aryl methyl sites for hydroxylation is 1. The van der Waals surface area contributed by atoms with Gasteiger partial charge in [-0.2, -0.15) is 0 Å². The number of hydrogen-bond acceptors (Lipinski definition) is 6. The van der Waals surface area contributed by atoms with Gasteiger partial charge in [-0.15, -0.1) is 0 Å². The molecule has 0 amide bonds. The molecular formula is C32H48O7Si. The smallest absolute Gasteiger partial charge is 0.343 e. The Kier molecular flexibility index (Phi) is 11.4. The molecule has 2 rings (SSSR count). The van der Waals surface area contributed by atoms with Gasteiger partial charge in [0.2, 0.25) is 0 Å². The molecule has 0 radical (unpaired) electrons. The highest BCUT2D eigenvalue weighted by molar-refractivity contribution is 6.74. The third kappa shape index (κ3) is 8.33. The second-order valence-corrected chi connectivity index (χ2v) is 17.6. The van der Waals surface area contributed by atoms with Gasteiger partial charge in [0.15, 0.2) is 26.1 Å². The molecule has 0 spiro atoms. The van der Waals surface area contributed by atoms with E-state index in [4.69, 9.17) is 18.6 Å². The first-order chi connectivity index (χ1) is 18.5. The SMILES string of the molecule is COc1c([C@H](CC(C)C)O[Si](C)(C)C(C)(C)C)ccc(Oc2c(C=O)cc(C)cc2OCCC(C)C)c1C(=O)O. The van der Waals surface area contributed by atoms with Crippen LogP contribution in [0.15, 0.2) is 24.3 Å². The summed E-state index contributed by atoms with van der Waals surface area (Å²) in [4.78, 5) is 24.7. The fourth-order valence-corrected chi connectivity index (χ4v) is 5.41. The monoisotopic (exact) mass is 572 g/mol. The number of carboxylic acids is 1. The highest BCUT2D eigenvalue weighted by Gasteiger charge is 2.40. The summed E-state index contributed by atoms with van der Waals surface area (Å²) in [5, 5.41) is 10.3. The van der Waals surface area contributed by atoms with Gasteiger partial charge in [0, 0.05) is 5.56 Å². The van der Waals surface area contributed by atoms with Gasteiger partial charge >= 0.3 is 5.97 Å². The first-order valence-electron chi connectivity index (χ1n) is 14.0. The molecule has 0 saturated carbocycles. The Morgan fingerprint density at radius 3 is 2.17 bits per heavy atom. The number of methoxy groups -OCH3 is 1. The maximum absolute atomic E-state index is 12.7. The van der Waals surface area contributed by atoms with E-state index < -0.39 is 14.3 Å². The Bertz CT molecular complexity index is 1180. The number of carboxylic acid groups (broad SMARTS) is 1. The van der Waals surface area contributed by atoms with E-state index in [0.717, 1.165) is 12.0 Å². The van der Waals surface area contributed by atoms with E-state index in [0.29, 0.717) is 42.5 Å². The fourth-order valence-electron chi connectivity index (χ4n) is 4.13. The van der Waals surface area contributed by atoms with E-state index >= 15 is 0 Å². The largest absolute Gasteiger partial charge is 0.495 e. The molecule has 0 aliphatic carbocycles. The van der Waals surface area contributed by atoms with E-state index in [2.05, 4.69) is 61.6 Å². The van der Waals surface area contributed by atoms with Crippen molar-refractivity contribution in [3.05, 3.63) is 46.5 Å². The van der Waals surface area contributed by atoms with Gasteiger partial charge in [0.1, 0.15) is 17.1 Å². The van der Waals surface area contributed by atoms with E-state index in [1.807, 2.05) is 13.0 Å². The Morgan fingerprint density at radius 2 is 1.68 bits per heavy atom. The van der Waals surface area contributed by atoms with Gasteiger partial charge in [0.05, 0.1) is 25.4 Å². The molecule has 0 unspecified atom stereocenters. The van der Waals surface area contributed by atoms with E-state index in [9.17, 15) is 14.7 Å². The van der Waals surface area contributed by atoms with Gasteiger partial charge in [-0.1, -0.05) is 48.5 Å². The summed E-state index contributed by atoms with van der Waals surface area (Å²) in [5.74, 6) is 0.352. The molecule has 2 aromatic carbocycles. The fraction of sp³-hybridized carbons (Fsp3) is 0.562. The van der Waals surface area contributed by atoms with Crippen molar-refractivity contribution in [2.75, 3.05) is 13.7 Å². The summed E-state index contributed by atoms with van der Waals surface area (Å²) in [6.07, 6.45) is 1.85. The van der Waals surface area contributed by atoms with E-state index in [-0.39, 0.29) is 39.5 Å². The molecule has 0 saturated heterocycles. The van der Waals surface area contributed by atoms with Crippen LogP contribution in [0.4, 0.5) is 0 Å². The zero-order valence-electron chi connectivity index (χ0n) is 26.1. The van der Waals surface area contributed by atoms with Crippen molar-refractivity contribution in [2.45, 2.75) is 92.5 Å². The van der Waals surface area contributed by atoms with Crippen molar-refractivity contribution < 1.29 is 33.3 Å². The van der Waals surface area contributed by atoms with E-state index in [1.54, 1.807) is 18.2 Å². The van der Waals surface area contributed by atoms with Crippen molar-refractivity contribution in [2.24, 2.45) is 11.8 Å². The number of carbonyl (C=O) groups excluding carboxylic acids is 1. The molecule has 1 atom stereocenters. The highest BCUT2D eigenvalue weighted by Crippen LogP contribution is 2.46. The Balaban J connectivity index is 2.68. The van der Waals surface area contributed by atoms with E-state index in [1.165, 1.54) is 7.11 Å². The van der Waals surface area contributed by atoms with Crippen molar-refractivity contribution in [1.82, 2.24) is 0 Å². The lowest BCUT2D eigenvalue weighted by Gasteiger charge is -2.40. The van der Waals surface area contributed by atoms with Crippen LogP contribution in [0.2, 0.25) is 18.1 Å². The Morgan fingerprint density at radius 1 is 1.02 bits per heavy atom. The number of hydrogen-bond donors (Lipinski definition) is 1. The van der Waals surface area contributed by atoms with Crippen LogP contribution in [0.25, 0.3) is 0 Å². The zero-order valence-corrected chi connectivity index (χ0v) is 27.1. The summed E-state index contributed by atoms with van der Waals surface area (Å²) in [7, 11) is -0.753. The summed E-state index contributed by atoms with van der Waals surface area (Å²) in [6.45, 7) is 21.6. The second-order valence-electron chi connectivity index (χ2n) is 12.8.